The van der Waals surface area contributed by atoms with Gasteiger partial charge in [0.25, 0.3) is 0 Å². The van der Waals surface area contributed by atoms with Gasteiger partial charge in [-0.3, -0.25) is 10.1 Å². The molecule has 0 bridgehead atoms. The van der Waals surface area contributed by atoms with Gasteiger partial charge in [0.2, 0.25) is 6.20 Å². The van der Waals surface area contributed by atoms with E-state index in [1.807, 2.05) is 48.5 Å². The summed E-state index contributed by atoms with van der Waals surface area (Å²) in [5.74, 6) is 1.03. The van der Waals surface area contributed by atoms with E-state index in [-0.39, 0.29) is 0 Å². The molecule has 0 aromatic heterocycles. The normalized spacial score (nSPS) is 11.0. The molecule has 0 fully saturated rings. The maximum atomic E-state index is 10.5. The molecule has 0 N–H and O–H groups in total. The zero-order valence-electron chi connectivity index (χ0n) is 12.7. The molecule has 0 heterocycles. The minimum Gasteiger partial charge on any atom is -0.488 e. The maximum absolute atomic E-state index is 10.5. The average Bonchev–Trinajstić information content (AvgIpc) is 2.52. The third kappa shape index (κ3) is 4.45. The molecule has 0 aliphatic heterocycles. The first-order valence-electron chi connectivity index (χ1n) is 7.18. The molecule has 0 saturated carbocycles. The molecule has 0 atom stereocenters. The predicted molar refractivity (Wildman–Crippen MR) is 87.3 cm³/mol. The molecule has 0 spiro atoms. The lowest BCUT2D eigenvalue weighted by Gasteiger charge is -2.13. The second-order valence-electron chi connectivity index (χ2n) is 5.33. The Labute approximate surface area is 130 Å². The van der Waals surface area contributed by atoms with Crippen molar-refractivity contribution >= 4 is 6.08 Å². The molecule has 22 heavy (non-hydrogen) atoms. The lowest BCUT2D eigenvalue weighted by molar-refractivity contribution is -0.400. The van der Waals surface area contributed by atoms with E-state index < -0.39 is 4.92 Å². The van der Waals surface area contributed by atoms with E-state index in [1.54, 1.807) is 0 Å². The number of nitro groups is 1. The monoisotopic (exact) mass is 297 g/mol. The molecule has 2 aromatic rings. The second kappa shape index (κ2) is 7.41. The van der Waals surface area contributed by atoms with Crippen LogP contribution in [-0.4, -0.2) is 4.92 Å². The highest BCUT2D eigenvalue weighted by Crippen LogP contribution is 2.26. The fraction of sp³-hybridized carbons (Fsp3) is 0.222. The van der Waals surface area contributed by atoms with Crippen LogP contribution in [-0.2, 0) is 6.61 Å². The average molecular weight is 297 g/mol. The molecule has 4 heteroatoms. The molecular formula is C18H19NO3. The zero-order valence-corrected chi connectivity index (χ0v) is 12.7. The number of ether oxygens (including phenoxy) is 1. The molecule has 2 aromatic carbocycles. The van der Waals surface area contributed by atoms with Crippen LogP contribution < -0.4 is 4.74 Å². The van der Waals surface area contributed by atoms with Crippen molar-refractivity contribution in [2.45, 2.75) is 26.4 Å². The van der Waals surface area contributed by atoms with Crippen LogP contribution in [0.2, 0.25) is 0 Å². The Morgan fingerprint density at radius 3 is 2.55 bits per heavy atom. The van der Waals surface area contributed by atoms with Crippen molar-refractivity contribution < 1.29 is 9.66 Å². The molecule has 0 radical (unpaired) electrons. The van der Waals surface area contributed by atoms with Gasteiger partial charge in [-0.15, -0.1) is 0 Å². The number of benzene rings is 2. The first-order chi connectivity index (χ1) is 10.6. The first kappa shape index (κ1) is 15.8. The fourth-order valence-electron chi connectivity index (χ4n) is 2.05. The summed E-state index contributed by atoms with van der Waals surface area (Å²) in [7, 11) is 0. The zero-order chi connectivity index (χ0) is 15.9. The van der Waals surface area contributed by atoms with E-state index in [9.17, 15) is 10.1 Å². The van der Waals surface area contributed by atoms with Crippen molar-refractivity contribution in [1.29, 1.82) is 0 Å². The minimum atomic E-state index is -0.475. The van der Waals surface area contributed by atoms with Crippen LogP contribution in [0.5, 0.6) is 5.75 Å². The molecule has 4 nitrogen and oxygen atoms in total. The largest absolute Gasteiger partial charge is 0.488 e. The van der Waals surface area contributed by atoms with Crippen LogP contribution in [0.25, 0.3) is 6.08 Å². The summed E-state index contributed by atoms with van der Waals surface area (Å²) in [6.07, 6.45) is 2.39. The summed E-state index contributed by atoms with van der Waals surface area (Å²) < 4.78 is 5.87. The lowest BCUT2D eigenvalue weighted by atomic mass is 10.0. The van der Waals surface area contributed by atoms with Crippen molar-refractivity contribution in [3.63, 3.8) is 0 Å². The predicted octanol–water partition coefficient (Wildman–Crippen LogP) is 4.64. The van der Waals surface area contributed by atoms with Crippen LogP contribution in [0.3, 0.4) is 0 Å². The van der Waals surface area contributed by atoms with Crippen LogP contribution in [0.15, 0.2) is 54.7 Å². The minimum absolute atomic E-state index is 0.368. The summed E-state index contributed by atoms with van der Waals surface area (Å²) in [6, 6.07) is 15.6. The summed E-state index contributed by atoms with van der Waals surface area (Å²) in [5.41, 5.74) is 2.90. The van der Waals surface area contributed by atoms with E-state index in [4.69, 9.17) is 4.74 Å². The highest BCUT2D eigenvalue weighted by atomic mass is 16.6. The summed E-state index contributed by atoms with van der Waals surface area (Å²) >= 11 is 0. The van der Waals surface area contributed by atoms with Gasteiger partial charge >= 0.3 is 0 Å². The topological polar surface area (TPSA) is 52.4 Å². The lowest BCUT2D eigenvalue weighted by Crippen LogP contribution is -1.99. The molecular weight excluding hydrogens is 278 g/mol. The Kier molecular flexibility index (Phi) is 5.31. The second-order valence-corrected chi connectivity index (χ2v) is 5.33. The fourth-order valence-corrected chi connectivity index (χ4v) is 2.05. The third-order valence-corrected chi connectivity index (χ3v) is 3.32. The Hall–Kier alpha value is -2.62. The van der Waals surface area contributed by atoms with E-state index in [1.165, 1.54) is 6.08 Å². The van der Waals surface area contributed by atoms with Crippen LogP contribution in [0, 0.1) is 10.1 Å². The van der Waals surface area contributed by atoms with Crippen LogP contribution in [0.4, 0.5) is 0 Å². The number of nitrogens with zero attached hydrogens (tertiary/aromatic N) is 1. The molecule has 0 aliphatic rings. The smallest absolute Gasteiger partial charge is 0.235 e. The Morgan fingerprint density at radius 1 is 1.18 bits per heavy atom. The van der Waals surface area contributed by atoms with Gasteiger partial charge < -0.3 is 4.74 Å². The number of hydrogen-bond donors (Lipinski definition) is 0. The van der Waals surface area contributed by atoms with Gasteiger partial charge in [-0.05, 0) is 23.1 Å². The molecule has 0 aliphatic carbocycles. The van der Waals surface area contributed by atoms with E-state index in [2.05, 4.69) is 13.8 Å². The van der Waals surface area contributed by atoms with E-state index >= 15 is 0 Å². The number of hydrogen-bond acceptors (Lipinski definition) is 3. The number of rotatable bonds is 6. The van der Waals surface area contributed by atoms with Gasteiger partial charge in [-0.25, -0.2) is 0 Å². The van der Waals surface area contributed by atoms with Crippen molar-refractivity contribution in [2.75, 3.05) is 0 Å². The Bertz CT molecular complexity index is 663. The van der Waals surface area contributed by atoms with Crippen LogP contribution >= 0.6 is 0 Å². The molecule has 2 rings (SSSR count). The van der Waals surface area contributed by atoms with Gasteiger partial charge in [0.05, 0.1) is 4.92 Å². The van der Waals surface area contributed by atoms with Crippen molar-refractivity contribution in [3.05, 3.63) is 81.5 Å². The quantitative estimate of drug-likeness (QED) is 0.576. The summed E-state index contributed by atoms with van der Waals surface area (Å²) in [5, 5.41) is 10.5. The molecule has 114 valence electrons. The highest BCUT2D eigenvalue weighted by Gasteiger charge is 2.07. The molecule has 0 amide bonds. The first-order valence-corrected chi connectivity index (χ1v) is 7.18. The Morgan fingerprint density at radius 2 is 1.91 bits per heavy atom. The SMILES string of the molecule is CC(C)c1ccc(/C=C/[N+](=O)[O-])c(OCc2ccccc2)c1. The standard InChI is InChI=1S/C18H19NO3/c1-14(2)17-9-8-16(10-11-19(20)21)18(12-17)22-13-15-6-4-3-5-7-15/h3-12,14H,13H2,1-2H3/b11-10+. The summed E-state index contributed by atoms with van der Waals surface area (Å²) in [4.78, 5) is 10.0. The van der Waals surface area contributed by atoms with Gasteiger partial charge in [-0.1, -0.05) is 56.3 Å². The highest BCUT2D eigenvalue weighted by molar-refractivity contribution is 5.57. The van der Waals surface area contributed by atoms with Gasteiger partial charge in [0.1, 0.15) is 12.4 Å². The van der Waals surface area contributed by atoms with Crippen molar-refractivity contribution in [1.82, 2.24) is 0 Å². The molecule has 0 saturated heterocycles. The van der Waals surface area contributed by atoms with Crippen molar-refractivity contribution in [2.24, 2.45) is 0 Å². The maximum Gasteiger partial charge on any atom is 0.235 e. The van der Waals surface area contributed by atoms with Gasteiger partial charge in [0.15, 0.2) is 0 Å². The third-order valence-electron chi connectivity index (χ3n) is 3.32. The van der Waals surface area contributed by atoms with E-state index in [0.717, 1.165) is 17.3 Å². The van der Waals surface area contributed by atoms with Crippen molar-refractivity contribution in [3.8, 4) is 5.75 Å². The van der Waals surface area contributed by atoms with Gasteiger partial charge in [-0.2, -0.15) is 0 Å². The van der Waals surface area contributed by atoms with Gasteiger partial charge in [0, 0.05) is 11.6 Å². The Balaban J connectivity index is 2.24. The van der Waals surface area contributed by atoms with E-state index in [0.29, 0.717) is 23.8 Å². The molecule has 0 unspecified atom stereocenters. The van der Waals surface area contributed by atoms with Crippen LogP contribution in [0.1, 0.15) is 36.5 Å². The summed E-state index contributed by atoms with van der Waals surface area (Å²) in [6.45, 7) is 4.63.